The van der Waals surface area contributed by atoms with E-state index in [1.54, 1.807) is 6.07 Å². The van der Waals surface area contributed by atoms with E-state index in [1.165, 1.54) is 0 Å². The summed E-state index contributed by atoms with van der Waals surface area (Å²) in [6.45, 7) is 4.27. The lowest BCUT2D eigenvalue weighted by Gasteiger charge is -2.54. The van der Waals surface area contributed by atoms with Crippen LogP contribution in [0.3, 0.4) is 0 Å². The maximum atomic E-state index is 12.6. The van der Waals surface area contributed by atoms with Crippen LogP contribution in [0.4, 0.5) is 0 Å². The van der Waals surface area contributed by atoms with Crippen molar-refractivity contribution in [3.63, 3.8) is 0 Å². The molecule has 0 radical (unpaired) electrons. The monoisotopic (exact) mass is 390 g/mol. The molecular weight excluding hydrogens is 368 g/mol. The second-order valence-corrected chi connectivity index (χ2v) is 8.63. The molecule has 0 fully saturated rings. The van der Waals surface area contributed by atoms with Crippen LogP contribution < -0.4 is 0 Å². The largest absolute Gasteiger partial charge is 0.508 e. The summed E-state index contributed by atoms with van der Waals surface area (Å²) in [6.07, 6.45) is 0. The van der Waals surface area contributed by atoms with Crippen LogP contribution in [0.1, 0.15) is 45.9 Å². The molecule has 2 atom stereocenters. The van der Waals surface area contributed by atoms with E-state index in [2.05, 4.69) is 49.4 Å². The summed E-state index contributed by atoms with van der Waals surface area (Å²) >= 11 is 0. The molecule has 0 spiro atoms. The van der Waals surface area contributed by atoms with E-state index < -0.39 is 11.0 Å². The first-order valence-electron chi connectivity index (χ1n) is 10.3. The molecule has 0 saturated heterocycles. The predicted octanol–water partition coefficient (Wildman–Crippen LogP) is 5.63. The number of benzene rings is 4. The summed E-state index contributed by atoms with van der Waals surface area (Å²) < 4.78 is 0. The molecule has 2 N–H and O–H groups in total. The number of aromatic hydroxyl groups is 1. The maximum absolute atomic E-state index is 12.6. The molecule has 2 unspecified atom stereocenters. The molecule has 2 nitrogen and oxygen atoms in total. The Balaban J connectivity index is 1.85. The number of hydrogen-bond donors (Lipinski definition) is 2. The van der Waals surface area contributed by atoms with E-state index in [0.717, 1.165) is 44.5 Å². The van der Waals surface area contributed by atoms with Crippen molar-refractivity contribution in [3.05, 3.63) is 124 Å². The van der Waals surface area contributed by atoms with E-state index in [-0.39, 0.29) is 5.75 Å². The van der Waals surface area contributed by atoms with Gasteiger partial charge in [-0.15, -0.1) is 0 Å². The van der Waals surface area contributed by atoms with Crippen LogP contribution >= 0.6 is 0 Å². The Morgan fingerprint density at radius 1 is 0.633 bits per heavy atom. The Morgan fingerprint density at radius 3 is 1.97 bits per heavy atom. The van der Waals surface area contributed by atoms with Crippen molar-refractivity contribution in [2.75, 3.05) is 0 Å². The molecule has 0 aromatic heterocycles. The molecule has 0 heterocycles. The number of phenolic OH excluding ortho intramolecular Hbond substituents is 1. The number of rotatable bonds is 1. The van der Waals surface area contributed by atoms with Gasteiger partial charge in [-0.25, -0.2) is 0 Å². The molecule has 0 amide bonds. The van der Waals surface area contributed by atoms with Gasteiger partial charge in [0.15, 0.2) is 0 Å². The fourth-order valence-electron chi connectivity index (χ4n) is 5.93. The van der Waals surface area contributed by atoms with Crippen molar-refractivity contribution in [3.8, 4) is 16.9 Å². The maximum Gasteiger partial charge on any atom is 0.145 e. The Kier molecular flexibility index (Phi) is 3.28. The lowest BCUT2D eigenvalue weighted by molar-refractivity contribution is 0.104. The van der Waals surface area contributed by atoms with Crippen molar-refractivity contribution in [1.82, 2.24) is 0 Å². The van der Waals surface area contributed by atoms with E-state index in [0.29, 0.717) is 5.56 Å². The first kappa shape index (κ1) is 17.5. The smallest absolute Gasteiger partial charge is 0.145 e. The molecule has 2 bridgehead atoms. The zero-order valence-corrected chi connectivity index (χ0v) is 17.0. The number of phenols is 1. The van der Waals surface area contributed by atoms with Crippen molar-refractivity contribution in [1.29, 1.82) is 0 Å². The van der Waals surface area contributed by atoms with Crippen LogP contribution in [0.15, 0.2) is 84.9 Å². The second-order valence-electron chi connectivity index (χ2n) is 8.63. The highest BCUT2D eigenvalue weighted by atomic mass is 16.3. The van der Waals surface area contributed by atoms with Gasteiger partial charge >= 0.3 is 0 Å². The third-order valence-electron chi connectivity index (χ3n) is 7.17. The minimum atomic E-state index is -1.42. The summed E-state index contributed by atoms with van der Waals surface area (Å²) in [5, 5.41) is 23.6. The Labute approximate surface area is 176 Å². The van der Waals surface area contributed by atoms with E-state index in [4.69, 9.17) is 0 Å². The van der Waals surface area contributed by atoms with E-state index >= 15 is 0 Å². The predicted molar refractivity (Wildman–Crippen MR) is 119 cm³/mol. The SMILES string of the molecule is Cc1cccc2c1C1(O)c3c(O)cccc3C2(C)c2cccc(-c3ccccc3)c21. The third kappa shape index (κ3) is 1.83. The first-order chi connectivity index (χ1) is 14.5. The van der Waals surface area contributed by atoms with Crippen molar-refractivity contribution >= 4 is 0 Å². The molecule has 4 aromatic carbocycles. The summed E-state index contributed by atoms with van der Waals surface area (Å²) in [7, 11) is 0. The highest BCUT2D eigenvalue weighted by Gasteiger charge is 2.58. The van der Waals surface area contributed by atoms with Crippen molar-refractivity contribution in [2.45, 2.75) is 24.9 Å². The summed E-state index contributed by atoms with van der Waals surface area (Å²) in [4.78, 5) is 0. The average molecular weight is 390 g/mol. The summed E-state index contributed by atoms with van der Waals surface area (Å²) in [6, 6.07) is 28.3. The second kappa shape index (κ2) is 5.62. The molecule has 0 aliphatic heterocycles. The molecule has 146 valence electrons. The molecule has 7 rings (SSSR count). The topological polar surface area (TPSA) is 40.5 Å². The van der Waals surface area contributed by atoms with Gasteiger partial charge in [-0.1, -0.05) is 78.9 Å². The van der Waals surface area contributed by atoms with Gasteiger partial charge in [0.2, 0.25) is 0 Å². The molecule has 30 heavy (non-hydrogen) atoms. The van der Waals surface area contributed by atoms with Crippen LogP contribution in [0.25, 0.3) is 11.1 Å². The highest BCUT2D eigenvalue weighted by Crippen LogP contribution is 2.64. The third-order valence-corrected chi connectivity index (χ3v) is 7.17. The van der Waals surface area contributed by atoms with Gasteiger partial charge in [-0.3, -0.25) is 0 Å². The molecule has 4 aromatic rings. The molecule has 2 heteroatoms. The fourth-order valence-corrected chi connectivity index (χ4v) is 5.93. The van der Waals surface area contributed by atoms with Gasteiger partial charge in [0.05, 0.1) is 0 Å². The molecule has 3 aliphatic carbocycles. The Morgan fingerprint density at radius 2 is 1.23 bits per heavy atom. The Bertz CT molecular complexity index is 1280. The van der Waals surface area contributed by atoms with Crippen LogP contribution in [-0.4, -0.2) is 10.2 Å². The summed E-state index contributed by atoms with van der Waals surface area (Å²) in [5.74, 6) is 0.142. The van der Waals surface area contributed by atoms with Crippen LogP contribution in [0.5, 0.6) is 5.75 Å². The molecule has 0 saturated carbocycles. The van der Waals surface area contributed by atoms with Crippen molar-refractivity contribution in [2.24, 2.45) is 0 Å². The minimum absolute atomic E-state index is 0.142. The van der Waals surface area contributed by atoms with E-state index in [1.807, 2.05) is 43.3 Å². The van der Waals surface area contributed by atoms with Gasteiger partial charge in [-0.05, 0) is 53.3 Å². The quantitative estimate of drug-likeness (QED) is 0.442. The average Bonchev–Trinajstić information content (AvgIpc) is 2.76. The van der Waals surface area contributed by atoms with Gasteiger partial charge in [0.25, 0.3) is 0 Å². The molecular formula is C28H22O2. The zero-order chi connectivity index (χ0) is 20.7. The van der Waals surface area contributed by atoms with Crippen LogP contribution in [-0.2, 0) is 11.0 Å². The van der Waals surface area contributed by atoms with Crippen LogP contribution in [0.2, 0.25) is 0 Å². The Hall–Kier alpha value is -3.36. The normalized spacial score (nSPS) is 22.9. The van der Waals surface area contributed by atoms with Gasteiger partial charge in [-0.2, -0.15) is 0 Å². The minimum Gasteiger partial charge on any atom is -0.508 e. The number of aliphatic hydroxyl groups is 1. The van der Waals surface area contributed by atoms with Crippen molar-refractivity contribution < 1.29 is 10.2 Å². The standard InChI is InChI=1S/C28H22O2/c1-17-9-6-13-20-24(17)28(30)25-19(18-10-4-3-5-11-18)12-7-14-21(25)27(20,2)22-15-8-16-23(29)26(22)28/h3-16,29-30H,1-2H3. The number of hydrogen-bond acceptors (Lipinski definition) is 2. The van der Waals surface area contributed by atoms with Gasteiger partial charge in [0, 0.05) is 22.1 Å². The van der Waals surface area contributed by atoms with Crippen LogP contribution in [0, 0.1) is 6.92 Å². The molecule has 3 aliphatic rings. The lowest BCUT2D eigenvalue weighted by atomic mass is 9.50. The zero-order valence-electron chi connectivity index (χ0n) is 17.0. The van der Waals surface area contributed by atoms with Gasteiger partial charge < -0.3 is 10.2 Å². The lowest BCUT2D eigenvalue weighted by Crippen LogP contribution is -2.50. The fraction of sp³-hybridized carbons (Fsp3) is 0.143. The number of aryl methyl sites for hydroxylation is 1. The van der Waals surface area contributed by atoms with E-state index in [9.17, 15) is 10.2 Å². The highest BCUT2D eigenvalue weighted by molar-refractivity contribution is 5.83. The first-order valence-corrected chi connectivity index (χ1v) is 10.3. The van der Waals surface area contributed by atoms with Gasteiger partial charge in [0.1, 0.15) is 11.4 Å². The summed E-state index contributed by atoms with van der Waals surface area (Å²) in [5.41, 5.74) is 6.81.